The average molecular weight is 275 g/mol. The van der Waals surface area contributed by atoms with Gasteiger partial charge in [0.2, 0.25) is 5.95 Å². The van der Waals surface area contributed by atoms with Gasteiger partial charge in [-0.15, -0.1) is 0 Å². The SMILES string of the molecule is CNc1nc(Nc2ccccc2Cl)cc(C2CC2)n1. The molecule has 0 atom stereocenters. The Morgan fingerprint density at radius 3 is 2.68 bits per heavy atom. The first-order chi connectivity index (χ1) is 9.26. The van der Waals surface area contributed by atoms with Crippen LogP contribution in [0.1, 0.15) is 24.5 Å². The van der Waals surface area contributed by atoms with Gasteiger partial charge < -0.3 is 10.6 Å². The van der Waals surface area contributed by atoms with E-state index in [2.05, 4.69) is 20.6 Å². The maximum atomic E-state index is 6.14. The molecule has 1 saturated carbocycles. The monoisotopic (exact) mass is 274 g/mol. The van der Waals surface area contributed by atoms with Crippen molar-refractivity contribution in [2.45, 2.75) is 18.8 Å². The normalized spacial score (nSPS) is 14.2. The van der Waals surface area contributed by atoms with Crippen LogP contribution in [-0.2, 0) is 0 Å². The topological polar surface area (TPSA) is 49.8 Å². The van der Waals surface area contributed by atoms with Crippen LogP contribution in [0.15, 0.2) is 30.3 Å². The summed E-state index contributed by atoms with van der Waals surface area (Å²) in [7, 11) is 1.82. The van der Waals surface area contributed by atoms with E-state index in [9.17, 15) is 0 Å². The second kappa shape index (κ2) is 5.05. The van der Waals surface area contributed by atoms with Crippen molar-refractivity contribution in [3.8, 4) is 0 Å². The minimum atomic E-state index is 0.585. The van der Waals surface area contributed by atoms with Crippen LogP contribution in [0.2, 0.25) is 5.02 Å². The molecule has 0 saturated heterocycles. The predicted octanol–water partition coefficient (Wildman–Crippen LogP) is 3.79. The first kappa shape index (κ1) is 12.2. The summed E-state index contributed by atoms with van der Waals surface area (Å²) in [4.78, 5) is 8.89. The van der Waals surface area contributed by atoms with Gasteiger partial charge in [0.1, 0.15) is 5.82 Å². The molecule has 4 nitrogen and oxygen atoms in total. The molecule has 5 heteroatoms. The van der Waals surface area contributed by atoms with Crippen LogP contribution < -0.4 is 10.6 Å². The molecule has 1 aromatic heterocycles. The molecule has 0 amide bonds. The Balaban J connectivity index is 1.91. The first-order valence-electron chi connectivity index (χ1n) is 6.34. The van der Waals surface area contributed by atoms with Gasteiger partial charge in [0.25, 0.3) is 0 Å². The highest BCUT2D eigenvalue weighted by Crippen LogP contribution is 2.40. The summed E-state index contributed by atoms with van der Waals surface area (Å²) >= 11 is 6.14. The second-order valence-corrected chi connectivity index (χ2v) is 5.04. The van der Waals surface area contributed by atoms with Gasteiger partial charge in [-0.25, -0.2) is 4.98 Å². The van der Waals surface area contributed by atoms with Gasteiger partial charge in [0, 0.05) is 19.0 Å². The lowest BCUT2D eigenvalue weighted by Gasteiger charge is -2.10. The number of benzene rings is 1. The molecular weight excluding hydrogens is 260 g/mol. The lowest BCUT2D eigenvalue weighted by molar-refractivity contribution is 0.991. The van der Waals surface area contributed by atoms with Crippen molar-refractivity contribution in [1.29, 1.82) is 0 Å². The molecule has 2 N–H and O–H groups in total. The Labute approximate surface area is 117 Å². The van der Waals surface area contributed by atoms with Crippen molar-refractivity contribution in [3.63, 3.8) is 0 Å². The third-order valence-corrected chi connectivity index (χ3v) is 3.43. The number of rotatable bonds is 4. The Bertz CT molecular complexity index is 596. The van der Waals surface area contributed by atoms with Gasteiger partial charge in [-0.1, -0.05) is 23.7 Å². The number of para-hydroxylation sites is 1. The highest BCUT2D eigenvalue weighted by Gasteiger charge is 2.26. The summed E-state index contributed by atoms with van der Waals surface area (Å²) in [5.41, 5.74) is 1.94. The third kappa shape index (κ3) is 2.79. The number of aromatic nitrogens is 2. The standard InChI is InChI=1S/C14H15ClN4/c1-16-14-18-12(9-6-7-9)8-13(19-14)17-11-5-3-2-4-10(11)15/h2-5,8-9H,6-7H2,1H3,(H2,16,17,18,19). The zero-order valence-corrected chi connectivity index (χ0v) is 11.4. The van der Waals surface area contributed by atoms with Gasteiger partial charge in [0.05, 0.1) is 16.4 Å². The minimum absolute atomic E-state index is 0.585. The zero-order chi connectivity index (χ0) is 13.2. The number of nitrogens with zero attached hydrogens (tertiary/aromatic N) is 2. The molecule has 98 valence electrons. The number of nitrogens with one attached hydrogen (secondary N) is 2. The van der Waals surface area contributed by atoms with Crippen LogP contribution in [0.4, 0.5) is 17.5 Å². The van der Waals surface area contributed by atoms with E-state index in [1.54, 1.807) is 0 Å². The molecule has 0 unspecified atom stereocenters. The van der Waals surface area contributed by atoms with Crippen LogP contribution in [0.5, 0.6) is 0 Å². The molecule has 3 rings (SSSR count). The van der Waals surface area contributed by atoms with E-state index < -0.39 is 0 Å². The van der Waals surface area contributed by atoms with Gasteiger partial charge in [-0.2, -0.15) is 4.98 Å². The third-order valence-electron chi connectivity index (χ3n) is 3.10. The van der Waals surface area contributed by atoms with Crippen molar-refractivity contribution in [1.82, 2.24) is 9.97 Å². The molecule has 0 radical (unpaired) electrons. The number of anilines is 3. The average Bonchev–Trinajstić information content (AvgIpc) is 3.25. The molecule has 1 fully saturated rings. The van der Waals surface area contributed by atoms with Crippen LogP contribution in [0, 0.1) is 0 Å². The molecule has 1 aliphatic carbocycles. The number of hydrogen-bond acceptors (Lipinski definition) is 4. The molecule has 2 aromatic rings. The maximum Gasteiger partial charge on any atom is 0.224 e. The van der Waals surface area contributed by atoms with E-state index >= 15 is 0 Å². The van der Waals surface area contributed by atoms with Crippen LogP contribution in [0.25, 0.3) is 0 Å². The van der Waals surface area contributed by atoms with E-state index in [-0.39, 0.29) is 0 Å². The summed E-state index contributed by atoms with van der Waals surface area (Å²) in [6, 6.07) is 9.63. The molecular formula is C14H15ClN4. The zero-order valence-electron chi connectivity index (χ0n) is 10.7. The summed E-state index contributed by atoms with van der Waals surface area (Å²) in [5, 5.41) is 6.92. The minimum Gasteiger partial charge on any atom is -0.357 e. The fraction of sp³-hybridized carbons (Fsp3) is 0.286. The first-order valence-corrected chi connectivity index (χ1v) is 6.72. The lowest BCUT2D eigenvalue weighted by atomic mass is 10.2. The van der Waals surface area contributed by atoms with E-state index in [4.69, 9.17) is 11.6 Å². The van der Waals surface area contributed by atoms with Crippen molar-refractivity contribution in [3.05, 3.63) is 41.0 Å². The Morgan fingerprint density at radius 2 is 2.00 bits per heavy atom. The quantitative estimate of drug-likeness (QED) is 0.890. The second-order valence-electron chi connectivity index (χ2n) is 4.63. The fourth-order valence-electron chi connectivity index (χ4n) is 1.93. The van der Waals surface area contributed by atoms with Gasteiger partial charge in [-0.05, 0) is 25.0 Å². The van der Waals surface area contributed by atoms with E-state index in [0.717, 1.165) is 17.2 Å². The smallest absolute Gasteiger partial charge is 0.224 e. The van der Waals surface area contributed by atoms with Gasteiger partial charge in [0.15, 0.2) is 0 Å². The largest absolute Gasteiger partial charge is 0.357 e. The van der Waals surface area contributed by atoms with Crippen molar-refractivity contribution < 1.29 is 0 Å². The molecule has 1 aromatic carbocycles. The fourth-order valence-corrected chi connectivity index (χ4v) is 2.11. The summed E-state index contributed by atoms with van der Waals surface area (Å²) in [6.45, 7) is 0. The molecule has 0 aliphatic heterocycles. The van der Waals surface area contributed by atoms with E-state index in [1.165, 1.54) is 12.8 Å². The number of halogens is 1. The van der Waals surface area contributed by atoms with Gasteiger partial charge in [-0.3, -0.25) is 0 Å². The Hall–Kier alpha value is -1.81. The maximum absolute atomic E-state index is 6.14. The molecule has 1 heterocycles. The molecule has 0 bridgehead atoms. The van der Waals surface area contributed by atoms with Crippen LogP contribution >= 0.6 is 11.6 Å². The van der Waals surface area contributed by atoms with Crippen molar-refractivity contribution in [2.75, 3.05) is 17.7 Å². The lowest BCUT2D eigenvalue weighted by Crippen LogP contribution is -2.03. The van der Waals surface area contributed by atoms with Gasteiger partial charge >= 0.3 is 0 Å². The van der Waals surface area contributed by atoms with E-state index in [0.29, 0.717) is 16.9 Å². The van der Waals surface area contributed by atoms with Crippen LogP contribution in [-0.4, -0.2) is 17.0 Å². The Morgan fingerprint density at radius 1 is 1.21 bits per heavy atom. The highest BCUT2D eigenvalue weighted by molar-refractivity contribution is 6.33. The summed E-state index contributed by atoms with van der Waals surface area (Å²) < 4.78 is 0. The van der Waals surface area contributed by atoms with Crippen LogP contribution in [0.3, 0.4) is 0 Å². The van der Waals surface area contributed by atoms with Crippen molar-refractivity contribution >= 4 is 29.1 Å². The van der Waals surface area contributed by atoms with E-state index in [1.807, 2.05) is 37.4 Å². The molecule has 1 aliphatic rings. The summed E-state index contributed by atoms with van der Waals surface area (Å²) in [6.07, 6.45) is 2.43. The number of hydrogen-bond donors (Lipinski definition) is 2. The predicted molar refractivity (Wildman–Crippen MR) is 78.3 cm³/mol. The summed E-state index contributed by atoms with van der Waals surface area (Å²) in [5.74, 6) is 2.00. The molecule has 19 heavy (non-hydrogen) atoms. The van der Waals surface area contributed by atoms with Crippen molar-refractivity contribution in [2.24, 2.45) is 0 Å². The highest BCUT2D eigenvalue weighted by atomic mass is 35.5. The Kier molecular flexibility index (Phi) is 3.25. The molecule has 0 spiro atoms.